The molecule has 8 heteroatoms. The molecule has 0 aliphatic carbocycles. The highest BCUT2D eigenvalue weighted by Gasteiger charge is 2.25. The summed E-state index contributed by atoms with van der Waals surface area (Å²) < 4.78 is 23.3. The van der Waals surface area contributed by atoms with E-state index in [0.29, 0.717) is 18.8 Å². The minimum Gasteiger partial charge on any atom is -0.363 e. The SMILES string of the molecule is CS(=O)(=O)c1ccc(N2CCN(Cc3ccccc3)CC2)c([N+](=O)[O-])c1. The van der Waals surface area contributed by atoms with Gasteiger partial charge in [-0.3, -0.25) is 15.0 Å². The third-order valence-electron chi connectivity index (χ3n) is 4.53. The van der Waals surface area contributed by atoms with Crippen molar-refractivity contribution in [2.24, 2.45) is 0 Å². The smallest absolute Gasteiger partial charge is 0.293 e. The molecule has 1 aliphatic rings. The summed E-state index contributed by atoms with van der Waals surface area (Å²) in [4.78, 5) is 15.1. The van der Waals surface area contributed by atoms with Crippen LogP contribution in [0.3, 0.4) is 0 Å². The molecule has 0 atom stereocenters. The molecule has 0 bridgehead atoms. The zero-order chi connectivity index (χ0) is 18.7. The van der Waals surface area contributed by atoms with Crippen LogP contribution < -0.4 is 4.90 Å². The van der Waals surface area contributed by atoms with Gasteiger partial charge in [0.05, 0.1) is 9.82 Å². The molecular weight excluding hydrogens is 354 g/mol. The summed E-state index contributed by atoms with van der Waals surface area (Å²) >= 11 is 0. The molecule has 0 spiro atoms. The van der Waals surface area contributed by atoms with Crippen LogP contribution >= 0.6 is 0 Å². The monoisotopic (exact) mass is 375 g/mol. The predicted molar refractivity (Wildman–Crippen MR) is 100 cm³/mol. The van der Waals surface area contributed by atoms with Crippen molar-refractivity contribution in [3.05, 3.63) is 64.2 Å². The number of piperazine rings is 1. The number of sulfone groups is 1. The molecule has 0 aromatic heterocycles. The van der Waals surface area contributed by atoms with Crippen LogP contribution in [0.2, 0.25) is 0 Å². The summed E-state index contributed by atoms with van der Waals surface area (Å²) in [6, 6.07) is 14.3. The molecule has 0 amide bonds. The van der Waals surface area contributed by atoms with Crippen molar-refractivity contribution in [1.82, 2.24) is 4.90 Å². The number of nitrogens with zero attached hydrogens (tertiary/aromatic N) is 3. The Labute approximate surface area is 152 Å². The van der Waals surface area contributed by atoms with Gasteiger partial charge in [-0.05, 0) is 17.7 Å². The van der Waals surface area contributed by atoms with E-state index < -0.39 is 14.8 Å². The van der Waals surface area contributed by atoms with Gasteiger partial charge < -0.3 is 4.90 Å². The molecule has 0 unspecified atom stereocenters. The summed E-state index contributed by atoms with van der Waals surface area (Å²) in [5.74, 6) is 0. The van der Waals surface area contributed by atoms with Crippen molar-refractivity contribution >= 4 is 21.2 Å². The fraction of sp³-hybridized carbons (Fsp3) is 0.333. The predicted octanol–water partition coefficient (Wildman–Crippen LogP) is 2.32. The lowest BCUT2D eigenvalue weighted by Gasteiger charge is -2.35. The molecule has 26 heavy (non-hydrogen) atoms. The van der Waals surface area contributed by atoms with Crippen LogP contribution in [0.5, 0.6) is 0 Å². The highest BCUT2D eigenvalue weighted by molar-refractivity contribution is 7.90. The van der Waals surface area contributed by atoms with E-state index >= 15 is 0 Å². The molecule has 1 heterocycles. The molecule has 138 valence electrons. The number of rotatable bonds is 5. The Morgan fingerprint density at radius 1 is 1.04 bits per heavy atom. The van der Waals surface area contributed by atoms with Gasteiger partial charge in [-0.25, -0.2) is 8.42 Å². The minimum absolute atomic E-state index is 0.0318. The second-order valence-corrected chi connectivity index (χ2v) is 8.44. The molecule has 0 saturated carbocycles. The third-order valence-corrected chi connectivity index (χ3v) is 5.64. The number of benzene rings is 2. The van der Waals surface area contributed by atoms with Crippen LogP contribution in [0.25, 0.3) is 0 Å². The maximum Gasteiger partial charge on any atom is 0.293 e. The number of anilines is 1. The third kappa shape index (κ3) is 4.20. The highest BCUT2D eigenvalue weighted by Crippen LogP contribution is 2.31. The van der Waals surface area contributed by atoms with Crippen molar-refractivity contribution < 1.29 is 13.3 Å². The van der Waals surface area contributed by atoms with Crippen molar-refractivity contribution in [2.45, 2.75) is 11.4 Å². The van der Waals surface area contributed by atoms with Gasteiger partial charge in [0.15, 0.2) is 9.84 Å². The largest absolute Gasteiger partial charge is 0.363 e. The van der Waals surface area contributed by atoms with E-state index in [9.17, 15) is 18.5 Å². The average Bonchev–Trinajstić information content (AvgIpc) is 2.62. The molecule has 0 radical (unpaired) electrons. The normalized spacial score (nSPS) is 15.8. The maximum atomic E-state index is 11.7. The van der Waals surface area contributed by atoms with Gasteiger partial charge in [-0.15, -0.1) is 0 Å². The van der Waals surface area contributed by atoms with Crippen LogP contribution in [0.1, 0.15) is 5.56 Å². The number of hydrogen-bond acceptors (Lipinski definition) is 6. The van der Waals surface area contributed by atoms with E-state index in [4.69, 9.17) is 0 Å². The summed E-state index contributed by atoms with van der Waals surface area (Å²) in [7, 11) is -3.48. The molecule has 1 aliphatic heterocycles. The van der Waals surface area contributed by atoms with Gasteiger partial charge in [0.2, 0.25) is 0 Å². The first kappa shape index (κ1) is 18.3. The lowest BCUT2D eigenvalue weighted by atomic mass is 10.2. The van der Waals surface area contributed by atoms with Crippen LogP contribution in [0.4, 0.5) is 11.4 Å². The molecule has 2 aromatic carbocycles. The second-order valence-electron chi connectivity index (χ2n) is 6.43. The molecule has 3 rings (SSSR count). The quantitative estimate of drug-likeness (QED) is 0.589. The van der Waals surface area contributed by atoms with Crippen molar-refractivity contribution in [3.63, 3.8) is 0 Å². The highest BCUT2D eigenvalue weighted by atomic mass is 32.2. The van der Waals surface area contributed by atoms with Gasteiger partial charge in [0, 0.05) is 45.0 Å². The van der Waals surface area contributed by atoms with Gasteiger partial charge in [-0.2, -0.15) is 0 Å². The van der Waals surface area contributed by atoms with Crippen molar-refractivity contribution in [2.75, 3.05) is 37.3 Å². The Morgan fingerprint density at radius 2 is 1.69 bits per heavy atom. The lowest BCUT2D eigenvalue weighted by molar-refractivity contribution is -0.384. The molecule has 0 N–H and O–H groups in total. The van der Waals surface area contributed by atoms with E-state index in [1.807, 2.05) is 23.1 Å². The topological polar surface area (TPSA) is 83.8 Å². The number of hydrogen-bond donors (Lipinski definition) is 0. The molecule has 1 fully saturated rings. The van der Waals surface area contributed by atoms with E-state index in [1.165, 1.54) is 11.6 Å². The van der Waals surface area contributed by atoms with Crippen LogP contribution in [0.15, 0.2) is 53.4 Å². The van der Waals surface area contributed by atoms with Crippen molar-refractivity contribution in [3.8, 4) is 0 Å². The molecule has 7 nitrogen and oxygen atoms in total. The summed E-state index contributed by atoms with van der Waals surface area (Å²) in [6.07, 6.45) is 1.05. The van der Waals surface area contributed by atoms with E-state index in [-0.39, 0.29) is 10.6 Å². The first-order valence-corrected chi connectivity index (χ1v) is 10.2. The van der Waals surface area contributed by atoms with E-state index in [1.54, 1.807) is 6.07 Å². The van der Waals surface area contributed by atoms with E-state index in [2.05, 4.69) is 17.0 Å². The molecule has 1 saturated heterocycles. The summed E-state index contributed by atoms with van der Waals surface area (Å²) in [6.45, 7) is 3.75. The summed E-state index contributed by atoms with van der Waals surface area (Å²) in [5.41, 5.74) is 1.55. The Morgan fingerprint density at radius 3 is 2.27 bits per heavy atom. The molecular formula is C18H21N3O4S. The zero-order valence-corrected chi connectivity index (χ0v) is 15.4. The van der Waals surface area contributed by atoms with Gasteiger partial charge in [-0.1, -0.05) is 30.3 Å². The molecule has 2 aromatic rings. The van der Waals surface area contributed by atoms with Crippen LogP contribution in [-0.4, -0.2) is 50.7 Å². The second kappa shape index (κ2) is 7.43. The Balaban J connectivity index is 1.74. The standard InChI is InChI=1S/C18H21N3O4S/c1-26(24,25)16-7-8-17(18(13-16)21(22)23)20-11-9-19(10-12-20)14-15-5-3-2-4-6-15/h2-8,13H,9-12,14H2,1H3. The van der Waals surface area contributed by atoms with Gasteiger partial charge in [0.1, 0.15) is 5.69 Å². The lowest BCUT2D eigenvalue weighted by Crippen LogP contribution is -2.46. The number of nitro benzene ring substituents is 1. The minimum atomic E-state index is -3.48. The fourth-order valence-corrected chi connectivity index (χ4v) is 3.78. The van der Waals surface area contributed by atoms with Gasteiger partial charge >= 0.3 is 0 Å². The van der Waals surface area contributed by atoms with Crippen LogP contribution in [-0.2, 0) is 16.4 Å². The zero-order valence-electron chi connectivity index (χ0n) is 14.5. The van der Waals surface area contributed by atoms with Crippen molar-refractivity contribution in [1.29, 1.82) is 0 Å². The van der Waals surface area contributed by atoms with Crippen LogP contribution in [0, 0.1) is 10.1 Å². The first-order chi connectivity index (χ1) is 12.3. The Hall–Kier alpha value is -2.45. The fourth-order valence-electron chi connectivity index (χ4n) is 3.14. The number of nitro groups is 1. The maximum absolute atomic E-state index is 11.7. The Bertz CT molecular complexity index is 892. The average molecular weight is 375 g/mol. The summed E-state index contributed by atoms with van der Waals surface area (Å²) in [5, 5.41) is 11.4. The van der Waals surface area contributed by atoms with E-state index in [0.717, 1.165) is 32.0 Å². The Kier molecular flexibility index (Phi) is 5.24. The van der Waals surface area contributed by atoms with Gasteiger partial charge in [0.25, 0.3) is 5.69 Å². The first-order valence-electron chi connectivity index (χ1n) is 8.34.